The Hall–Kier alpha value is -3.56. The van der Waals surface area contributed by atoms with Gasteiger partial charge in [0.1, 0.15) is 24.1 Å². The molecule has 0 aliphatic heterocycles. The van der Waals surface area contributed by atoms with Crippen molar-refractivity contribution in [2.24, 2.45) is 0 Å². The topological polar surface area (TPSA) is 96.0 Å². The van der Waals surface area contributed by atoms with E-state index >= 15 is 0 Å². The predicted molar refractivity (Wildman–Crippen MR) is 150 cm³/mol. The Morgan fingerprint density at radius 3 is 2.03 bits per heavy atom. The standard InChI is InChI=1S/C28H32ClN3O5S/c1-20(2)30-28(34)21(3)31(18-22-10-12-23(29)13-11-22)27(33)19-32(38(4,35)36)24-14-16-26(17-15-24)37-25-8-6-5-7-9-25/h5-17,20-21H,18-19H2,1-4H3,(H,30,34). The maximum absolute atomic E-state index is 13.6. The van der Waals surface area contributed by atoms with E-state index in [2.05, 4.69) is 5.32 Å². The van der Waals surface area contributed by atoms with Gasteiger partial charge in [-0.2, -0.15) is 0 Å². The Labute approximate surface area is 229 Å². The minimum Gasteiger partial charge on any atom is -0.457 e. The van der Waals surface area contributed by atoms with Gasteiger partial charge >= 0.3 is 0 Å². The normalized spacial score (nSPS) is 12.1. The SMILES string of the molecule is CC(C)NC(=O)C(C)N(Cc1ccc(Cl)cc1)C(=O)CN(c1ccc(Oc2ccccc2)cc1)S(C)(=O)=O. The van der Waals surface area contributed by atoms with Crippen LogP contribution in [0, 0.1) is 0 Å². The molecule has 0 saturated heterocycles. The molecule has 3 aromatic carbocycles. The van der Waals surface area contributed by atoms with Crippen molar-refractivity contribution in [2.75, 3.05) is 17.1 Å². The van der Waals surface area contributed by atoms with Crippen LogP contribution in [-0.2, 0) is 26.2 Å². The monoisotopic (exact) mass is 557 g/mol. The van der Waals surface area contributed by atoms with Gasteiger partial charge in [0, 0.05) is 17.6 Å². The maximum Gasteiger partial charge on any atom is 0.244 e. The quantitative estimate of drug-likeness (QED) is 0.364. The van der Waals surface area contributed by atoms with Gasteiger partial charge in [-0.3, -0.25) is 13.9 Å². The first-order valence-electron chi connectivity index (χ1n) is 12.1. The molecule has 0 spiro atoms. The van der Waals surface area contributed by atoms with E-state index in [0.717, 1.165) is 16.1 Å². The Bertz CT molecular complexity index is 1330. The zero-order valence-electron chi connectivity index (χ0n) is 21.8. The van der Waals surface area contributed by atoms with Crippen LogP contribution < -0.4 is 14.4 Å². The van der Waals surface area contributed by atoms with Crippen LogP contribution >= 0.6 is 11.6 Å². The number of anilines is 1. The zero-order valence-corrected chi connectivity index (χ0v) is 23.4. The molecule has 10 heteroatoms. The summed E-state index contributed by atoms with van der Waals surface area (Å²) in [6, 6.07) is 21.5. The number of carbonyl (C=O) groups excluding carboxylic acids is 2. The number of halogens is 1. The number of ether oxygens (including phenoxy) is 1. The van der Waals surface area contributed by atoms with Gasteiger partial charge in [-0.1, -0.05) is 41.9 Å². The molecule has 0 bridgehead atoms. The molecular formula is C28H32ClN3O5S. The average Bonchev–Trinajstić information content (AvgIpc) is 2.86. The number of nitrogens with one attached hydrogen (secondary N) is 1. The Morgan fingerprint density at radius 2 is 1.47 bits per heavy atom. The molecule has 0 aliphatic rings. The fourth-order valence-corrected chi connectivity index (χ4v) is 4.67. The molecule has 3 rings (SSSR count). The molecule has 0 heterocycles. The van der Waals surface area contributed by atoms with Gasteiger partial charge in [0.15, 0.2) is 0 Å². The minimum atomic E-state index is -3.83. The third-order valence-electron chi connectivity index (χ3n) is 5.65. The highest BCUT2D eigenvalue weighted by Crippen LogP contribution is 2.26. The van der Waals surface area contributed by atoms with Gasteiger partial charge < -0.3 is 15.0 Å². The fourth-order valence-electron chi connectivity index (χ4n) is 3.69. The van der Waals surface area contributed by atoms with Crippen molar-refractivity contribution in [2.45, 2.75) is 39.4 Å². The number of para-hydroxylation sites is 1. The van der Waals surface area contributed by atoms with E-state index in [1.165, 1.54) is 4.90 Å². The van der Waals surface area contributed by atoms with Gasteiger partial charge in [0.25, 0.3) is 0 Å². The number of hydrogen-bond acceptors (Lipinski definition) is 5. The second kappa shape index (κ2) is 12.8. The zero-order chi connectivity index (χ0) is 27.9. The largest absolute Gasteiger partial charge is 0.457 e. The molecule has 8 nitrogen and oxygen atoms in total. The van der Waals surface area contributed by atoms with E-state index in [9.17, 15) is 18.0 Å². The molecule has 1 atom stereocenters. The summed E-state index contributed by atoms with van der Waals surface area (Å²) in [5.41, 5.74) is 1.05. The number of hydrogen-bond donors (Lipinski definition) is 1. The van der Waals surface area contributed by atoms with E-state index in [1.807, 2.05) is 32.0 Å². The first-order chi connectivity index (χ1) is 17.9. The molecule has 0 fully saturated rings. The highest BCUT2D eigenvalue weighted by atomic mass is 35.5. The van der Waals surface area contributed by atoms with Crippen molar-refractivity contribution in [1.29, 1.82) is 0 Å². The molecule has 3 aromatic rings. The lowest BCUT2D eigenvalue weighted by Crippen LogP contribution is -2.52. The molecule has 202 valence electrons. The van der Waals surface area contributed by atoms with E-state index < -0.39 is 28.5 Å². The smallest absolute Gasteiger partial charge is 0.244 e. The second-order valence-corrected chi connectivity index (χ2v) is 11.5. The third kappa shape index (κ3) is 8.22. The van der Waals surface area contributed by atoms with Crippen LogP contribution in [0.15, 0.2) is 78.9 Å². The van der Waals surface area contributed by atoms with E-state index in [-0.39, 0.29) is 18.5 Å². The van der Waals surface area contributed by atoms with Crippen LogP contribution in [0.1, 0.15) is 26.3 Å². The predicted octanol–water partition coefficient (Wildman–Crippen LogP) is 4.84. The first kappa shape index (κ1) is 29.0. The lowest BCUT2D eigenvalue weighted by atomic mass is 10.1. The van der Waals surface area contributed by atoms with Crippen molar-refractivity contribution in [3.63, 3.8) is 0 Å². The molecule has 1 N–H and O–H groups in total. The summed E-state index contributed by atoms with van der Waals surface area (Å²) in [4.78, 5) is 27.8. The van der Waals surface area contributed by atoms with Crippen molar-refractivity contribution in [1.82, 2.24) is 10.2 Å². The fraction of sp³-hybridized carbons (Fsp3) is 0.286. The summed E-state index contributed by atoms with van der Waals surface area (Å²) in [5.74, 6) is 0.294. The molecular weight excluding hydrogens is 526 g/mol. The highest BCUT2D eigenvalue weighted by Gasteiger charge is 2.30. The summed E-state index contributed by atoms with van der Waals surface area (Å²) in [6.45, 7) is 4.89. The van der Waals surface area contributed by atoms with Gasteiger partial charge in [0.05, 0.1) is 11.9 Å². The molecule has 0 aromatic heterocycles. The Balaban J connectivity index is 1.85. The van der Waals surface area contributed by atoms with Gasteiger partial charge in [0.2, 0.25) is 21.8 Å². The van der Waals surface area contributed by atoms with Crippen LogP contribution in [0.3, 0.4) is 0 Å². The summed E-state index contributed by atoms with van der Waals surface area (Å²) in [6.07, 6.45) is 1.03. The first-order valence-corrected chi connectivity index (χ1v) is 14.3. The summed E-state index contributed by atoms with van der Waals surface area (Å²) in [7, 11) is -3.83. The maximum atomic E-state index is 13.6. The number of amides is 2. The number of benzene rings is 3. The Morgan fingerprint density at radius 1 is 0.895 bits per heavy atom. The molecule has 38 heavy (non-hydrogen) atoms. The number of rotatable bonds is 11. The molecule has 2 amide bonds. The average molecular weight is 558 g/mol. The van der Waals surface area contributed by atoms with Crippen molar-refractivity contribution >= 4 is 39.1 Å². The van der Waals surface area contributed by atoms with Crippen LogP contribution in [0.25, 0.3) is 0 Å². The summed E-state index contributed by atoms with van der Waals surface area (Å²) in [5, 5.41) is 3.36. The van der Waals surface area contributed by atoms with Crippen molar-refractivity contribution in [3.05, 3.63) is 89.4 Å². The van der Waals surface area contributed by atoms with Crippen molar-refractivity contribution in [3.8, 4) is 11.5 Å². The van der Waals surface area contributed by atoms with Crippen LogP contribution in [0.5, 0.6) is 11.5 Å². The van der Waals surface area contributed by atoms with Crippen LogP contribution in [0.2, 0.25) is 5.02 Å². The van der Waals surface area contributed by atoms with Gasteiger partial charge in [-0.25, -0.2) is 8.42 Å². The molecule has 0 aliphatic carbocycles. The second-order valence-electron chi connectivity index (χ2n) is 9.17. The van der Waals surface area contributed by atoms with Crippen molar-refractivity contribution < 1.29 is 22.7 Å². The lowest BCUT2D eigenvalue weighted by molar-refractivity contribution is -0.139. The Kier molecular flexibility index (Phi) is 9.77. The van der Waals surface area contributed by atoms with E-state index in [4.69, 9.17) is 16.3 Å². The highest BCUT2D eigenvalue weighted by molar-refractivity contribution is 7.92. The third-order valence-corrected chi connectivity index (χ3v) is 7.04. The number of sulfonamides is 1. The minimum absolute atomic E-state index is 0.101. The van der Waals surface area contributed by atoms with Gasteiger partial charge in [-0.05, 0) is 74.9 Å². The number of carbonyl (C=O) groups is 2. The summed E-state index contributed by atoms with van der Waals surface area (Å²) < 4.78 is 32.3. The molecule has 1 unspecified atom stereocenters. The molecule has 0 radical (unpaired) electrons. The lowest BCUT2D eigenvalue weighted by Gasteiger charge is -2.32. The summed E-state index contributed by atoms with van der Waals surface area (Å²) >= 11 is 6.00. The van der Waals surface area contributed by atoms with Crippen LogP contribution in [-0.4, -0.2) is 50.0 Å². The number of nitrogens with zero attached hydrogens (tertiary/aromatic N) is 2. The van der Waals surface area contributed by atoms with Crippen LogP contribution in [0.4, 0.5) is 5.69 Å². The van der Waals surface area contributed by atoms with E-state index in [1.54, 1.807) is 67.6 Å². The van der Waals surface area contributed by atoms with Gasteiger partial charge in [-0.15, -0.1) is 0 Å². The van der Waals surface area contributed by atoms with E-state index in [0.29, 0.717) is 22.2 Å². The molecule has 0 saturated carbocycles.